The molecule has 3 aromatic rings. The highest BCUT2D eigenvalue weighted by molar-refractivity contribution is 7.17. The molecule has 2 aliphatic rings. The van der Waals surface area contributed by atoms with Crippen LogP contribution in [0.25, 0.3) is 10.1 Å². The average Bonchev–Trinajstić information content (AvgIpc) is 3.21. The number of morpholine rings is 1. The van der Waals surface area contributed by atoms with Gasteiger partial charge in [0.15, 0.2) is 0 Å². The first-order chi connectivity index (χ1) is 14.0. The van der Waals surface area contributed by atoms with E-state index in [2.05, 4.69) is 78.5 Å². The quantitative estimate of drug-likeness (QED) is 0.606. The molecule has 0 spiro atoms. The summed E-state index contributed by atoms with van der Waals surface area (Å²) in [5.41, 5.74) is 5.86. The summed E-state index contributed by atoms with van der Waals surface area (Å²) in [5.74, 6) is 0.439. The normalized spacial score (nSPS) is 21.4. The minimum absolute atomic E-state index is 0.0277. The van der Waals surface area contributed by atoms with Gasteiger partial charge >= 0.3 is 0 Å². The lowest BCUT2D eigenvalue weighted by molar-refractivity contribution is -0.0118. The lowest BCUT2D eigenvalue weighted by atomic mass is 9.81. The molecule has 0 radical (unpaired) electrons. The van der Waals surface area contributed by atoms with Crippen LogP contribution in [0.1, 0.15) is 42.0 Å². The molecule has 0 amide bonds. The zero-order valence-electron chi connectivity index (χ0n) is 17.6. The lowest BCUT2D eigenvalue weighted by Gasteiger charge is -2.42. The van der Waals surface area contributed by atoms with Gasteiger partial charge in [0.1, 0.15) is 0 Å². The number of thiophene rings is 1. The molecule has 0 aliphatic carbocycles. The SMILES string of the molecule is CN1Cc2cc(C(C)(C)N3CCOCC3)ccc2C(c2ccc3sccc3c2)C1. The van der Waals surface area contributed by atoms with Crippen LogP contribution < -0.4 is 0 Å². The third-order valence-electron chi connectivity index (χ3n) is 6.84. The van der Waals surface area contributed by atoms with Crippen molar-refractivity contribution in [1.29, 1.82) is 0 Å². The fraction of sp³-hybridized carbons (Fsp3) is 0.440. The molecular formula is C25H30N2OS. The van der Waals surface area contributed by atoms with Gasteiger partial charge in [-0.1, -0.05) is 24.3 Å². The van der Waals surface area contributed by atoms with Crippen molar-refractivity contribution in [2.24, 2.45) is 0 Å². The first-order valence-electron chi connectivity index (χ1n) is 10.6. The molecule has 1 atom stereocenters. The van der Waals surface area contributed by atoms with Gasteiger partial charge in [-0.2, -0.15) is 0 Å². The fourth-order valence-electron chi connectivity index (χ4n) is 5.02. The zero-order chi connectivity index (χ0) is 20.0. The van der Waals surface area contributed by atoms with Crippen LogP contribution in [0.3, 0.4) is 0 Å². The highest BCUT2D eigenvalue weighted by atomic mass is 32.1. The van der Waals surface area contributed by atoms with Crippen LogP contribution in [-0.4, -0.2) is 49.7 Å². The number of nitrogens with zero attached hydrogens (tertiary/aromatic N) is 2. The number of ether oxygens (including phenoxy) is 1. The summed E-state index contributed by atoms with van der Waals surface area (Å²) >= 11 is 1.82. The second kappa shape index (κ2) is 7.51. The van der Waals surface area contributed by atoms with E-state index < -0.39 is 0 Å². The largest absolute Gasteiger partial charge is 0.379 e. The molecule has 152 valence electrons. The van der Waals surface area contributed by atoms with E-state index in [4.69, 9.17) is 4.74 Å². The van der Waals surface area contributed by atoms with Gasteiger partial charge < -0.3 is 9.64 Å². The Bertz CT molecular complexity index is 1020. The van der Waals surface area contributed by atoms with E-state index in [1.54, 1.807) is 0 Å². The van der Waals surface area contributed by atoms with Crippen LogP contribution in [0.4, 0.5) is 0 Å². The standard InChI is InChI=1S/C25H30N2OS/c1-25(2,27-9-11-28-12-10-27)21-5-6-22-20(15-21)16-26(3)17-23(22)18-4-7-24-19(14-18)8-13-29-24/h4-8,13-15,23H,9-12,16-17H2,1-3H3. The molecule has 3 nitrogen and oxygen atoms in total. The third kappa shape index (κ3) is 3.53. The Morgan fingerprint density at radius 1 is 1.03 bits per heavy atom. The maximum atomic E-state index is 5.58. The van der Waals surface area contributed by atoms with Crippen molar-refractivity contribution in [3.8, 4) is 0 Å². The van der Waals surface area contributed by atoms with E-state index in [9.17, 15) is 0 Å². The molecule has 3 heterocycles. The minimum atomic E-state index is 0.0277. The highest BCUT2D eigenvalue weighted by Crippen LogP contribution is 2.38. The van der Waals surface area contributed by atoms with Gasteiger partial charge in [-0.3, -0.25) is 4.90 Å². The van der Waals surface area contributed by atoms with Crippen LogP contribution >= 0.6 is 11.3 Å². The zero-order valence-corrected chi connectivity index (χ0v) is 18.5. The van der Waals surface area contributed by atoms with E-state index in [0.717, 1.165) is 39.4 Å². The molecule has 0 saturated carbocycles. The molecule has 5 rings (SSSR count). The van der Waals surface area contributed by atoms with Gasteiger partial charge in [-0.25, -0.2) is 0 Å². The predicted octanol–water partition coefficient (Wildman–Crippen LogP) is 5.05. The molecule has 2 aliphatic heterocycles. The summed E-state index contributed by atoms with van der Waals surface area (Å²) in [6, 6.07) is 16.5. The molecule has 4 heteroatoms. The Balaban J connectivity index is 1.51. The molecule has 0 N–H and O–H groups in total. The predicted molar refractivity (Wildman–Crippen MR) is 122 cm³/mol. The summed E-state index contributed by atoms with van der Waals surface area (Å²) < 4.78 is 6.95. The monoisotopic (exact) mass is 406 g/mol. The van der Waals surface area contributed by atoms with Crippen LogP contribution in [-0.2, 0) is 16.8 Å². The summed E-state index contributed by atoms with van der Waals surface area (Å²) in [5, 5.41) is 3.56. The van der Waals surface area contributed by atoms with Gasteiger partial charge in [0, 0.05) is 42.3 Å². The van der Waals surface area contributed by atoms with Crippen LogP contribution in [0.2, 0.25) is 0 Å². The first-order valence-corrected chi connectivity index (χ1v) is 11.5. The van der Waals surface area contributed by atoms with Crippen molar-refractivity contribution < 1.29 is 4.74 Å². The Hall–Kier alpha value is -1.72. The van der Waals surface area contributed by atoms with Crippen molar-refractivity contribution in [2.75, 3.05) is 39.9 Å². The maximum absolute atomic E-state index is 5.58. The van der Waals surface area contributed by atoms with Gasteiger partial charge in [-0.05, 0) is 72.1 Å². The number of fused-ring (bicyclic) bond motifs is 2. The van der Waals surface area contributed by atoms with E-state index >= 15 is 0 Å². The van der Waals surface area contributed by atoms with Crippen molar-refractivity contribution >= 4 is 21.4 Å². The second-order valence-corrected chi connectivity index (χ2v) is 9.99. The summed E-state index contributed by atoms with van der Waals surface area (Å²) in [7, 11) is 2.25. The number of likely N-dealkylation sites (N-methyl/N-ethyl adjacent to an activating group) is 1. The van der Waals surface area contributed by atoms with E-state index in [1.165, 1.54) is 32.3 Å². The molecule has 0 bridgehead atoms. The van der Waals surface area contributed by atoms with Crippen LogP contribution in [0.15, 0.2) is 47.8 Å². The van der Waals surface area contributed by atoms with Crippen LogP contribution in [0.5, 0.6) is 0 Å². The molecule has 29 heavy (non-hydrogen) atoms. The maximum Gasteiger partial charge on any atom is 0.0594 e. The van der Waals surface area contributed by atoms with Crippen molar-refractivity contribution in [1.82, 2.24) is 9.80 Å². The fourth-order valence-corrected chi connectivity index (χ4v) is 5.79. The van der Waals surface area contributed by atoms with Gasteiger partial charge in [0.05, 0.1) is 13.2 Å². The third-order valence-corrected chi connectivity index (χ3v) is 7.74. The van der Waals surface area contributed by atoms with Crippen molar-refractivity contribution in [3.05, 3.63) is 70.1 Å². The summed E-state index contributed by atoms with van der Waals surface area (Å²) in [4.78, 5) is 5.03. The minimum Gasteiger partial charge on any atom is -0.379 e. The number of benzene rings is 2. The van der Waals surface area contributed by atoms with Crippen molar-refractivity contribution in [2.45, 2.75) is 31.8 Å². The van der Waals surface area contributed by atoms with Gasteiger partial charge in [0.25, 0.3) is 0 Å². The molecule has 1 aromatic heterocycles. The molecule has 1 saturated heterocycles. The Labute approximate surface area is 177 Å². The number of rotatable bonds is 3. The molecule has 1 unspecified atom stereocenters. The second-order valence-electron chi connectivity index (χ2n) is 9.04. The number of hydrogen-bond acceptors (Lipinski definition) is 4. The van der Waals surface area contributed by atoms with Gasteiger partial charge in [0.2, 0.25) is 0 Å². The van der Waals surface area contributed by atoms with E-state index in [-0.39, 0.29) is 5.54 Å². The molecule has 1 fully saturated rings. The van der Waals surface area contributed by atoms with Crippen LogP contribution in [0, 0.1) is 0 Å². The van der Waals surface area contributed by atoms with Gasteiger partial charge in [-0.15, -0.1) is 11.3 Å². The Morgan fingerprint density at radius 2 is 1.86 bits per heavy atom. The lowest BCUT2D eigenvalue weighted by Crippen LogP contribution is -2.48. The average molecular weight is 407 g/mol. The first kappa shape index (κ1) is 19.3. The topological polar surface area (TPSA) is 15.7 Å². The molecule has 2 aromatic carbocycles. The number of hydrogen-bond donors (Lipinski definition) is 0. The summed E-state index contributed by atoms with van der Waals surface area (Å²) in [6.45, 7) is 10.5. The highest BCUT2D eigenvalue weighted by Gasteiger charge is 2.32. The Morgan fingerprint density at radius 3 is 2.69 bits per heavy atom. The van der Waals surface area contributed by atoms with Crippen molar-refractivity contribution in [3.63, 3.8) is 0 Å². The molecular weight excluding hydrogens is 376 g/mol. The van der Waals surface area contributed by atoms with E-state index in [1.807, 2.05) is 11.3 Å². The van der Waals surface area contributed by atoms with E-state index in [0.29, 0.717) is 5.92 Å². The Kier molecular flexibility index (Phi) is 4.99. The smallest absolute Gasteiger partial charge is 0.0594 e. The summed E-state index contributed by atoms with van der Waals surface area (Å²) in [6.07, 6.45) is 0.